The van der Waals surface area contributed by atoms with Gasteiger partial charge in [-0.05, 0) is 12.8 Å². The molecular formula is C11H20N2O3. The molecule has 0 radical (unpaired) electrons. The smallest absolute Gasteiger partial charge is 0.233 e. The highest BCUT2D eigenvalue weighted by Crippen LogP contribution is 2.35. The van der Waals surface area contributed by atoms with E-state index < -0.39 is 0 Å². The number of carbonyl (C=O) groups excluding carboxylic acids is 1. The van der Waals surface area contributed by atoms with Crippen molar-refractivity contribution in [2.45, 2.75) is 37.5 Å². The Kier molecular flexibility index (Phi) is 3.78. The van der Waals surface area contributed by atoms with Crippen LogP contribution >= 0.6 is 0 Å². The van der Waals surface area contributed by atoms with E-state index in [1.807, 2.05) is 0 Å². The molecule has 2 aliphatic rings. The van der Waals surface area contributed by atoms with E-state index in [0.717, 1.165) is 38.9 Å². The van der Waals surface area contributed by atoms with Gasteiger partial charge in [0.1, 0.15) is 0 Å². The van der Waals surface area contributed by atoms with Crippen LogP contribution in [0.5, 0.6) is 0 Å². The molecule has 0 unspecified atom stereocenters. The fourth-order valence-electron chi connectivity index (χ4n) is 2.37. The van der Waals surface area contributed by atoms with Crippen molar-refractivity contribution in [3.63, 3.8) is 0 Å². The maximum absolute atomic E-state index is 11.1. The number of carbonyl (C=O) groups is 1. The molecule has 1 spiro atoms. The summed E-state index contributed by atoms with van der Waals surface area (Å²) in [6.45, 7) is 1.84. The first-order chi connectivity index (χ1) is 7.74. The highest BCUT2D eigenvalue weighted by Gasteiger charge is 2.40. The zero-order chi connectivity index (χ0) is 11.4. The minimum atomic E-state index is -0.300. The number of rotatable bonds is 3. The average molecular weight is 228 g/mol. The van der Waals surface area contributed by atoms with Crippen molar-refractivity contribution in [1.29, 1.82) is 0 Å². The highest BCUT2D eigenvalue weighted by atomic mass is 16.7. The van der Waals surface area contributed by atoms with Crippen molar-refractivity contribution in [1.82, 2.24) is 10.6 Å². The molecule has 5 nitrogen and oxygen atoms in total. The first kappa shape index (κ1) is 11.8. The summed E-state index contributed by atoms with van der Waals surface area (Å²) >= 11 is 0. The van der Waals surface area contributed by atoms with E-state index in [-0.39, 0.29) is 11.7 Å². The van der Waals surface area contributed by atoms with Crippen molar-refractivity contribution in [2.75, 3.05) is 26.8 Å². The van der Waals surface area contributed by atoms with Gasteiger partial charge < -0.3 is 20.1 Å². The normalized spacial score (nSPS) is 24.8. The van der Waals surface area contributed by atoms with Crippen LogP contribution < -0.4 is 10.6 Å². The molecule has 5 heteroatoms. The second-order valence-electron chi connectivity index (χ2n) is 4.44. The lowest BCUT2D eigenvalue weighted by Gasteiger charge is -2.35. The molecule has 2 N–H and O–H groups in total. The number of nitrogens with one attached hydrogen (secondary N) is 2. The number of likely N-dealkylation sites (N-methyl/N-ethyl adjacent to an activating group) is 1. The van der Waals surface area contributed by atoms with Gasteiger partial charge in [-0.1, -0.05) is 0 Å². The van der Waals surface area contributed by atoms with Crippen molar-refractivity contribution < 1.29 is 14.3 Å². The Morgan fingerprint density at radius 3 is 2.50 bits per heavy atom. The van der Waals surface area contributed by atoms with Crippen LogP contribution in [0.25, 0.3) is 0 Å². The van der Waals surface area contributed by atoms with Crippen LogP contribution in [-0.4, -0.2) is 44.5 Å². The summed E-state index contributed by atoms with van der Waals surface area (Å²) in [5.41, 5.74) is 0. The van der Waals surface area contributed by atoms with Crippen LogP contribution in [0.15, 0.2) is 0 Å². The van der Waals surface area contributed by atoms with Crippen molar-refractivity contribution in [3.8, 4) is 0 Å². The SMILES string of the molecule is CNC(=O)CNC1CCC2(CC1)OCCO2. The molecular weight excluding hydrogens is 208 g/mol. The van der Waals surface area contributed by atoms with Crippen LogP contribution in [-0.2, 0) is 14.3 Å². The maximum Gasteiger partial charge on any atom is 0.233 e. The Bertz CT molecular complexity index is 242. The first-order valence-electron chi connectivity index (χ1n) is 5.96. The molecule has 1 aliphatic heterocycles. The Morgan fingerprint density at radius 1 is 1.31 bits per heavy atom. The predicted octanol–water partition coefficient (Wildman–Crippen LogP) is 0.00770. The van der Waals surface area contributed by atoms with Gasteiger partial charge in [0.05, 0.1) is 19.8 Å². The molecule has 92 valence electrons. The first-order valence-corrected chi connectivity index (χ1v) is 5.96. The van der Waals surface area contributed by atoms with Crippen LogP contribution in [0.2, 0.25) is 0 Å². The van der Waals surface area contributed by atoms with Gasteiger partial charge >= 0.3 is 0 Å². The van der Waals surface area contributed by atoms with E-state index in [9.17, 15) is 4.79 Å². The molecule has 0 aromatic rings. The zero-order valence-electron chi connectivity index (χ0n) is 9.75. The summed E-state index contributed by atoms with van der Waals surface area (Å²) in [5, 5.41) is 5.86. The lowest BCUT2D eigenvalue weighted by molar-refractivity contribution is -0.179. The van der Waals surface area contributed by atoms with Gasteiger partial charge in [-0.15, -0.1) is 0 Å². The quantitative estimate of drug-likeness (QED) is 0.714. The number of amides is 1. The van der Waals surface area contributed by atoms with Gasteiger partial charge in [0, 0.05) is 25.9 Å². The van der Waals surface area contributed by atoms with E-state index in [4.69, 9.17) is 9.47 Å². The lowest BCUT2D eigenvalue weighted by atomic mass is 9.90. The molecule has 0 aromatic heterocycles. The fourth-order valence-corrected chi connectivity index (χ4v) is 2.37. The monoisotopic (exact) mass is 228 g/mol. The Labute approximate surface area is 95.9 Å². The maximum atomic E-state index is 11.1. The Morgan fingerprint density at radius 2 is 1.94 bits per heavy atom. The van der Waals surface area contributed by atoms with Crippen LogP contribution in [0.4, 0.5) is 0 Å². The second-order valence-corrected chi connectivity index (χ2v) is 4.44. The van der Waals surface area contributed by atoms with Crippen LogP contribution in [0.1, 0.15) is 25.7 Å². The lowest BCUT2D eigenvalue weighted by Crippen LogP contribution is -2.44. The molecule has 1 saturated carbocycles. The molecule has 1 saturated heterocycles. The highest BCUT2D eigenvalue weighted by molar-refractivity contribution is 5.77. The average Bonchev–Trinajstić information content (AvgIpc) is 2.77. The van der Waals surface area contributed by atoms with E-state index in [0.29, 0.717) is 12.6 Å². The summed E-state index contributed by atoms with van der Waals surface area (Å²) in [5.74, 6) is -0.265. The van der Waals surface area contributed by atoms with Gasteiger partial charge in [0.25, 0.3) is 0 Å². The molecule has 0 aromatic carbocycles. The van der Waals surface area contributed by atoms with Crippen LogP contribution in [0.3, 0.4) is 0 Å². The van der Waals surface area contributed by atoms with Gasteiger partial charge in [-0.2, -0.15) is 0 Å². The summed E-state index contributed by atoms with van der Waals surface area (Å²) in [6, 6.07) is 0.413. The molecule has 1 amide bonds. The molecule has 0 bridgehead atoms. The number of ether oxygens (including phenoxy) is 2. The third kappa shape index (κ3) is 2.72. The largest absolute Gasteiger partial charge is 0.358 e. The van der Waals surface area contributed by atoms with E-state index in [1.165, 1.54) is 0 Å². The molecule has 2 fully saturated rings. The summed E-state index contributed by atoms with van der Waals surface area (Å²) in [6.07, 6.45) is 3.88. The number of hydrogen-bond acceptors (Lipinski definition) is 4. The number of hydrogen-bond donors (Lipinski definition) is 2. The van der Waals surface area contributed by atoms with E-state index >= 15 is 0 Å². The third-order valence-corrected chi connectivity index (χ3v) is 3.39. The second kappa shape index (κ2) is 5.12. The standard InChI is InChI=1S/C11H20N2O3/c1-12-10(14)8-13-9-2-4-11(5-3-9)15-6-7-16-11/h9,13H,2-8H2,1H3,(H,12,14). The summed E-state index contributed by atoms with van der Waals surface area (Å²) in [4.78, 5) is 11.1. The minimum absolute atomic E-state index is 0.0358. The van der Waals surface area contributed by atoms with Gasteiger partial charge in [-0.25, -0.2) is 0 Å². The molecule has 16 heavy (non-hydrogen) atoms. The van der Waals surface area contributed by atoms with Crippen molar-refractivity contribution >= 4 is 5.91 Å². The molecule has 1 heterocycles. The molecule has 0 atom stereocenters. The van der Waals surface area contributed by atoms with E-state index in [2.05, 4.69) is 10.6 Å². The third-order valence-electron chi connectivity index (χ3n) is 3.39. The van der Waals surface area contributed by atoms with Crippen LogP contribution in [0, 0.1) is 0 Å². The molecule has 2 rings (SSSR count). The van der Waals surface area contributed by atoms with Gasteiger partial charge in [0.2, 0.25) is 5.91 Å². The topological polar surface area (TPSA) is 59.6 Å². The van der Waals surface area contributed by atoms with E-state index in [1.54, 1.807) is 7.05 Å². The Hall–Kier alpha value is -0.650. The van der Waals surface area contributed by atoms with Crippen molar-refractivity contribution in [2.24, 2.45) is 0 Å². The van der Waals surface area contributed by atoms with Gasteiger partial charge in [0.15, 0.2) is 5.79 Å². The Balaban J connectivity index is 1.70. The molecule has 1 aliphatic carbocycles. The van der Waals surface area contributed by atoms with Crippen molar-refractivity contribution in [3.05, 3.63) is 0 Å². The summed E-state index contributed by atoms with van der Waals surface area (Å²) in [7, 11) is 1.65. The zero-order valence-corrected chi connectivity index (χ0v) is 9.75. The van der Waals surface area contributed by atoms with Gasteiger partial charge in [-0.3, -0.25) is 4.79 Å². The minimum Gasteiger partial charge on any atom is -0.358 e. The summed E-state index contributed by atoms with van der Waals surface area (Å²) < 4.78 is 11.3. The fraction of sp³-hybridized carbons (Fsp3) is 0.909. The predicted molar refractivity (Wildman–Crippen MR) is 59.0 cm³/mol.